The zero-order valence-electron chi connectivity index (χ0n) is 18.0. The fourth-order valence-corrected chi connectivity index (χ4v) is 4.21. The number of fused-ring (bicyclic) bond motifs is 1. The predicted octanol–water partition coefficient (Wildman–Crippen LogP) is 3.78. The molecule has 168 valence electrons. The Morgan fingerprint density at radius 1 is 1.09 bits per heavy atom. The highest BCUT2D eigenvalue weighted by Crippen LogP contribution is 2.26. The van der Waals surface area contributed by atoms with Crippen LogP contribution in [0.4, 0.5) is 16.2 Å². The van der Waals surface area contributed by atoms with E-state index in [9.17, 15) is 4.79 Å². The molecule has 0 atom stereocenters. The molecule has 2 amide bonds. The van der Waals surface area contributed by atoms with Crippen molar-refractivity contribution < 1.29 is 4.79 Å². The summed E-state index contributed by atoms with van der Waals surface area (Å²) in [5.74, 6) is 0. The van der Waals surface area contributed by atoms with E-state index in [0.717, 1.165) is 48.6 Å². The fraction of sp³-hybridized carbons (Fsp3) is 0.208. The average molecular weight is 462 g/mol. The van der Waals surface area contributed by atoms with Gasteiger partial charge >= 0.3 is 6.03 Å². The van der Waals surface area contributed by atoms with Gasteiger partial charge in [0.25, 0.3) is 0 Å². The van der Waals surface area contributed by atoms with Crippen LogP contribution in [0.15, 0.2) is 67.1 Å². The number of amides is 2. The number of hydrogen-bond donors (Lipinski definition) is 3. The van der Waals surface area contributed by atoms with Gasteiger partial charge in [-0.15, -0.1) is 0 Å². The fourth-order valence-electron chi connectivity index (χ4n) is 4.02. The van der Waals surface area contributed by atoms with Gasteiger partial charge in [-0.05, 0) is 29.3 Å². The van der Waals surface area contributed by atoms with Gasteiger partial charge in [0.05, 0.1) is 24.3 Å². The van der Waals surface area contributed by atoms with Gasteiger partial charge in [-0.3, -0.25) is 0 Å². The lowest BCUT2D eigenvalue weighted by Crippen LogP contribution is -2.44. The molecule has 1 saturated heterocycles. The van der Waals surface area contributed by atoms with E-state index >= 15 is 0 Å². The Kier molecular flexibility index (Phi) is 6.10. The molecular formula is C24H24ClN7O. The molecule has 2 aromatic heterocycles. The van der Waals surface area contributed by atoms with Gasteiger partial charge in [-0.1, -0.05) is 41.9 Å². The van der Waals surface area contributed by atoms with E-state index < -0.39 is 0 Å². The Bertz CT molecular complexity index is 1280. The van der Waals surface area contributed by atoms with Crippen LogP contribution in [0.2, 0.25) is 5.02 Å². The zero-order valence-corrected chi connectivity index (χ0v) is 18.7. The van der Waals surface area contributed by atoms with Crippen LogP contribution in [0.5, 0.6) is 0 Å². The molecule has 33 heavy (non-hydrogen) atoms. The third-order valence-electron chi connectivity index (χ3n) is 5.64. The van der Waals surface area contributed by atoms with Crippen molar-refractivity contribution in [3.63, 3.8) is 0 Å². The molecule has 0 unspecified atom stereocenters. The lowest BCUT2D eigenvalue weighted by molar-refractivity contribution is 0.251. The summed E-state index contributed by atoms with van der Waals surface area (Å²) >= 11 is 6.12. The highest BCUT2D eigenvalue weighted by Gasteiger charge is 2.15. The quantitative estimate of drug-likeness (QED) is 0.421. The molecule has 3 N–H and O–H groups in total. The lowest BCUT2D eigenvalue weighted by atomic mass is 10.1. The summed E-state index contributed by atoms with van der Waals surface area (Å²) in [4.78, 5) is 19.4. The number of aromatic nitrogens is 3. The first-order chi connectivity index (χ1) is 16.2. The highest BCUT2D eigenvalue weighted by atomic mass is 35.5. The number of benzene rings is 2. The number of para-hydroxylation sites is 1. The third-order valence-corrected chi connectivity index (χ3v) is 5.87. The van der Waals surface area contributed by atoms with Crippen molar-refractivity contribution in [2.45, 2.75) is 6.54 Å². The number of carbonyl (C=O) groups is 1. The molecule has 1 aliphatic rings. The van der Waals surface area contributed by atoms with E-state index in [2.05, 4.69) is 37.0 Å². The molecule has 1 fully saturated rings. The number of carbonyl (C=O) groups excluding carboxylic acids is 1. The number of anilines is 2. The Morgan fingerprint density at radius 3 is 2.79 bits per heavy atom. The summed E-state index contributed by atoms with van der Waals surface area (Å²) in [6.45, 7) is 4.27. The lowest BCUT2D eigenvalue weighted by Gasteiger charge is -2.31. The molecule has 1 aliphatic heterocycles. The van der Waals surface area contributed by atoms with E-state index in [1.54, 1.807) is 23.1 Å². The molecule has 0 bridgehead atoms. The standard InChI is InChI=1S/C24H24ClN7O/c25-19-6-3-5-17(12-19)21-15-29-32-16-20(14-27-23(21)32)30-24(33)28-13-18-4-1-2-7-22(18)31-10-8-26-9-11-31/h1-7,12,14-16,26H,8-11,13H2,(H2,28,30,33). The van der Waals surface area contributed by atoms with E-state index in [-0.39, 0.29) is 6.03 Å². The molecule has 2 aromatic carbocycles. The minimum atomic E-state index is -0.298. The van der Waals surface area contributed by atoms with Crippen LogP contribution in [-0.4, -0.2) is 46.8 Å². The first-order valence-corrected chi connectivity index (χ1v) is 11.2. The van der Waals surface area contributed by atoms with E-state index in [1.165, 1.54) is 0 Å². The normalized spacial score (nSPS) is 13.8. The zero-order chi connectivity index (χ0) is 22.6. The van der Waals surface area contributed by atoms with Crippen molar-refractivity contribution in [1.82, 2.24) is 25.2 Å². The predicted molar refractivity (Wildman–Crippen MR) is 131 cm³/mol. The van der Waals surface area contributed by atoms with Gasteiger partial charge < -0.3 is 20.9 Å². The number of hydrogen-bond acceptors (Lipinski definition) is 5. The SMILES string of the molecule is O=C(NCc1ccccc1N1CCNCC1)Nc1cnc2c(-c3cccc(Cl)c3)cnn2c1. The number of nitrogens with one attached hydrogen (secondary N) is 3. The Morgan fingerprint density at radius 2 is 1.94 bits per heavy atom. The van der Waals surface area contributed by atoms with Crippen LogP contribution in [0.1, 0.15) is 5.56 Å². The largest absolute Gasteiger partial charge is 0.369 e. The molecule has 3 heterocycles. The van der Waals surface area contributed by atoms with Crippen molar-refractivity contribution in [3.05, 3.63) is 77.7 Å². The van der Waals surface area contributed by atoms with E-state index in [4.69, 9.17) is 11.6 Å². The maximum atomic E-state index is 12.6. The van der Waals surface area contributed by atoms with Gasteiger partial charge in [-0.2, -0.15) is 5.10 Å². The molecular weight excluding hydrogens is 438 g/mol. The molecule has 5 rings (SSSR count). The maximum absolute atomic E-state index is 12.6. The number of piperazine rings is 1. The van der Waals surface area contributed by atoms with Crippen LogP contribution in [-0.2, 0) is 6.54 Å². The van der Waals surface area contributed by atoms with Gasteiger partial charge in [0.1, 0.15) is 0 Å². The second-order valence-electron chi connectivity index (χ2n) is 7.85. The minimum Gasteiger partial charge on any atom is -0.369 e. The Labute approximate surface area is 196 Å². The van der Waals surface area contributed by atoms with Crippen molar-refractivity contribution in [1.29, 1.82) is 0 Å². The molecule has 0 aliphatic carbocycles. The molecule has 0 radical (unpaired) electrons. The second kappa shape index (κ2) is 9.48. The van der Waals surface area contributed by atoms with E-state index in [0.29, 0.717) is 22.9 Å². The third kappa shape index (κ3) is 4.76. The van der Waals surface area contributed by atoms with Crippen molar-refractivity contribution in [2.24, 2.45) is 0 Å². The average Bonchev–Trinajstić information content (AvgIpc) is 3.27. The summed E-state index contributed by atoms with van der Waals surface area (Å²) in [5.41, 5.74) is 5.29. The highest BCUT2D eigenvalue weighted by molar-refractivity contribution is 6.30. The van der Waals surface area contributed by atoms with Crippen LogP contribution < -0.4 is 20.9 Å². The van der Waals surface area contributed by atoms with Crippen LogP contribution in [0.25, 0.3) is 16.8 Å². The molecule has 8 nitrogen and oxygen atoms in total. The molecule has 4 aromatic rings. The summed E-state index contributed by atoms with van der Waals surface area (Å²) in [7, 11) is 0. The first kappa shape index (κ1) is 21.2. The molecule has 0 spiro atoms. The second-order valence-corrected chi connectivity index (χ2v) is 8.29. The van der Waals surface area contributed by atoms with Gasteiger partial charge in [0.15, 0.2) is 5.65 Å². The van der Waals surface area contributed by atoms with Gasteiger partial charge in [-0.25, -0.2) is 14.3 Å². The minimum absolute atomic E-state index is 0.298. The van der Waals surface area contributed by atoms with Gasteiger partial charge in [0, 0.05) is 49.0 Å². The summed E-state index contributed by atoms with van der Waals surface area (Å²) < 4.78 is 1.64. The van der Waals surface area contributed by atoms with E-state index in [1.807, 2.05) is 42.5 Å². The number of rotatable bonds is 5. The summed E-state index contributed by atoms with van der Waals surface area (Å²) in [6, 6.07) is 15.4. The topological polar surface area (TPSA) is 86.6 Å². The summed E-state index contributed by atoms with van der Waals surface area (Å²) in [5, 5.41) is 14.2. The Hall–Kier alpha value is -3.62. The summed E-state index contributed by atoms with van der Waals surface area (Å²) in [6.07, 6.45) is 5.11. The maximum Gasteiger partial charge on any atom is 0.319 e. The van der Waals surface area contributed by atoms with Crippen molar-refractivity contribution in [2.75, 3.05) is 36.4 Å². The van der Waals surface area contributed by atoms with Crippen LogP contribution in [0, 0.1) is 0 Å². The monoisotopic (exact) mass is 461 g/mol. The number of halogens is 1. The Balaban J connectivity index is 1.26. The molecule has 9 heteroatoms. The van der Waals surface area contributed by atoms with Crippen LogP contribution in [0.3, 0.4) is 0 Å². The van der Waals surface area contributed by atoms with Gasteiger partial charge in [0.2, 0.25) is 0 Å². The van der Waals surface area contributed by atoms with Crippen LogP contribution >= 0.6 is 11.6 Å². The smallest absolute Gasteiger partial charge is 0.319 e. The molecule has 0 saturated carbocycles. The number of nitrogens with zero attached hydrogens (tertiary/aromatic N) is 4. The van der Waals surface area contributed by atoms with Crippen molar-refractivity contribution >= 4 is 34.7 Å². The number of urea groups is 1. The first-order valence-electron chi connectivity index (χ1n) is 10.8. The van der Waals surface area contributed by atoms with Crippen molar-refractivity contribution in [3.8, 4) is 11.1 Å².